The number of aliphatic hydroxyl groups is 1. The van der Waals surface area contributed by atoms with E-state index in [1.165, 1.54) is 19.4 Å². The summed E-state index contributed by atoms with van der Waals surface area (Å²) in [7, 11) is 0. The van der Waals surface area contributed by atoms with Crippen LogP contribution in [0.15, 0.2) is 53.5 Å². The van der Waals surface area contributed by atoms with Gasteiger partial charge in [0, 0.05) is 23.2 Å². The molecular weight excluding hydrogens is 332 g/mol. The third kappa shape index (κ3) is 2.87. The minimum absolute atomic E-state index is 0.146. The van der Waals surface area contributed by atoms with Crippen LogP contribution in [0.2, 0.25) is 0 Å². The summed E-state index contributed by atoms with van der Waals surface area (Å²) in [4.78, 5) is 12.0. The lowest BCUT2D eigenvalue weighted by atomic mass is 10.1. The summed E-state index contributed by atoms with van der Waals surface area (Å²) in [5.74, 6) is 6.60. The lowest BCUT2D eigenvalue weighted by Crippen LogP contribution is -2.18. The molecule has 26 heavy (non-hydrogen) atoms. The Kier molecular flexibility index (Phi) is 3.64. The lowest BCUT2D eigenvalue weighted by molar-refractivity contribution is 0.0893. The molecule has 3 aromatic heterocycles. The van der Waals surface area contributed by atoms with Crippen molar-refractivity contribution in [3.05, 3.63) is 60.6 Å². The quantitative estimate of drug-likeness (QED) is 0.530. The second-order valence-electron chi connectivity index (χ2n) is 5.76. The third-order valence-electron chi connectivity index (χ3n) is 3.75. The summed E-state index contributed by atoms with van der Waals surface area (Å²) in [5.41, 5.74) is 5.68. The second-order valence-corrected chi connectivity index (χ2v) is 5.76. The van der Waals surface area contributed by atoms with Gasteiger partial charge in [0.2, 0.25) is 11.8 Å². The third-order valence-corrected chi connectivity index (χ3v) is 3.75. The van der Waals surface area contributed by atoms with Crippen LogP contribution in [0.4, 0.5) is 5.95 Å². The molecule has 8 nitrogen and oxygen atoms in total. The number of oxazole rings is 1. The van der Waals surface area contributed by atoms with Gasteiger partial charge >= 0.3 is 0 Å². The fourth-order valence-electron chi connectivity index (χ4n) is 2.47. The van der Waals surface area contributed by atoms with Gasteiger partial charge in [-0.3, -0.25) is 0 Å². The van der Waals surface area contributed by atoms with Crippen LogP contribution in [-0.4, -0.2) is 29.8 Å². The monoisotopic (exact) mass is 346 g/mol. The highest BCUT2D eigenvalue weighted by Crippen LogP contribution is 2.20. The first-order chi connectivity index (χ1) is 12.5. The van der Waals surface area contributed by atoms with Gasteiger partial charge in [0.1, 0.15) is 6.26 Å². The van der Waals surface area contributed by atoms with Crippen LogP contribution in [0.3, 0.4) is 0 Å². The van der Waals surface area contributed by atoms with E-state index >= 15 is 0 Å². The van der Waals surface area contributed by atoms with Gasteiger partial charge in [-0.05, 0) is 25.1 Å². The predicted octanol–water partition coefficient (Wildman–Crippen LogP) is 1.64. The van der Waals surface area contributed by atoms with Crippen LogP contribution in [0.1, 0.15) is 18.4 Å². The van der Waals surface area contributed by atoms with Crippen molar-refractivity contribution in [3.8, 4) is 17.7 Å². The van der Waals surface area contributed by atoms with Crippen molar-refractivity contribution in [2.45, 2.75) is 12.5 Å². The number of nitrogen functional groups attached to an aromatic ring is 1. The normalized spacial score (nSPS) is 13.2. The van der Waals surface area contributed by atoms with E-state index in [1.54, 1.807) is 23.1 Å². The molecule has 1 aromatic carbocycles. The molecule has 0 radical (unpaired) electrons. The maximum atomic E-state index is 10.4. The molecule has 0 spiro atoms. The molecule has 0 aliphatic heterocycles. The Hall–Kier alpha value is -3.70. The van der Waals surface area contributed by atoms with E-state index in [-0.39, 0.29) is 11.8 Å². The molecule has 0 saturated heterocycles. The van der Waals surface area contributed by atoms with Crippen molar-refractivity contribution in [2.75, 3.05) is 5.73 Å². The van der Waals surface area contributed by atoms with Crippen molar-refractivity contribution in [3.63, 3.8) is 0 Å². The number of nitrogens with two attached hydrogens (primary N) is 1. The summed E-state index contributed by atoms with van der Waals surface area (Å²) in [6.45, 7) is 1.53. The Balaban J connectivity index is 1.75. The highest BCUT2D eigenvalue weighted by atomic mass is 16.4. The average Bonchev–Trinajstić information content (AvgIpc) is 3.30. The predicted molar refractivity (Wildman–Crippen MR) is 94.0 cm³/mol. The van der Waals surface area contributed by atoms with Gasteiger partial charge in [0.25, 0.3) is 0 Å². The number of rotatable bonds is 2. The van der Waals surface area contributed by atoms with Crippen molar-refractivity contribution in [2.24, 2.45) is 0 Å². The molecule has 3 N–H and O–H groups in total. The van der Waals surface area contributed by atoms with Gasteiger partial charge in [-0.1, -0.05) is 11.8 Å². The Morgan fingerprint density at radius 1 is 1.23 bits per heavy atom. The largest absolute Gasteiger partial charge is 0.445 e. The van der Waals surface area contributed by atoms with Crippen molar-refractivity contribution < 1.29 is 9.52 Å². The molecule has 8 heteroatoms. The van der Waals surface area contributed by atoms with Gasteiger partial charge in [-0.2, -0.15) is 10.1 Å². The minimum Gasteiger partial charge on any atom is -0.445 e. The second kappa shape index (κ2) is 5.98. The standard InChI is InChI=1S/C18H14N6O2/c1-18(25,16-20-8-9-26-16)6-4-12-2-3-13-11-22-24(14(13)10-12)15-5-7-21-17(19)23-15/h2-3,5,7-11,25H,1H3,(H2,19,21,23). The lowest BCUT2D eigenvalue weighted by Gasteiger charge is -2.10. The molecule has 0 bridgehead atoms. The van der Waals surface area contributed by atoms with Crippen molar-refractivity contribution in [1.29, 1.82) is 0 Å². The number of hydrogen-bond acceptors (Lipinski definition) is 7. The van der Waals surface area contributed by atoms with E-state index in [2.05, 4.69) is 31.9 Å². The van der Waals surface area contributed by atoms with E-state index in [4.69, 9.17) is 10.2 Å². The number of fused-ring (bicyclic) bond motifs is 1. The van der Waals surface area contributed by atoms with Crippen LogP contribution in [0, 0.1) is 11.8 Å². The number of anilines is 1. The first-order valence-corrected chi connectivity index (χ1v) is 7.75. The topological polar surface area (TPSA) is 116 Å². The molecule has 1 unspecified atom stereocenters. The summed E-state index contributed by atoms with van der Waals surface area (Å²) in [6.07, 6.45) is 6.16. The summed E-state index contributed by atoms with van der Waals surface area (Å²) < 4.78 is 6.79. The number of nitrogens with zero attached hydrogens (tertiary/aromatic N) is 5. The van der Waals surface area contributed by atoms with Gasteiger partial charge in [0.05, 0.1) is 17.9 Å². The van der Waals surface area contributed by atoms with Gasteiger partial charge in [-0.25, -0.2) is 14.6 Å². The SMILES string of the molecule is CC(O)(C#Cc1ccc2cnn(-c3ccnc(N)n3)c2c1)c1ncco1. The van der Waals surface area contributed by atoms with Gasteiger partial charge in [0.15, 0.2) is 11.4 Å². The Morgan fingerprint density at radius 2 is 2.12 bits per heavy atom. The van der Waals surface area contributed by atoms with Crippen molar-refractivity contribution in [1.82, 2.24) is 24.7 Å². The molecule has 4 rings (SSSR count). The van der Waals surface area contributed by atoms with E-state index in [1.807, 2.05) is 18.2 Å². The zero-order valence-corrected chi connectivity index (χ0v) is 13.8. The first kappa shape index (κ1) is 15.8. The minimum atomic E-state index is -1.49. The van der Waals surface area contributed by atoms with Crippen molar-refractivity contribution >= 4 is 16.9 Å². The van der Waals surface area contributed by atoms with Crippen LogP contribution >= 0.6 is 0 Å². The highest BCUT2D eigenvalue weighted by molar-refractivity contribution is 5.81. The first-order valence-electron chi connectivity index (χ1n) is 7.75. The maximum Gasteiger partial charge on any atom is 0.238 e. The smallest absolute Gasteiger partial charge is 0.238 e. The summed E-state index contributed by atoms with van der Waals surface area (Å²) in [6, 6.07) is 7.32. The van der Waals surface area contributed by atoms with Crippen LogP contribution in [0.5, 0.6) is 0 Å². The van der Waals surface area contributed by atoms with Crippen LogP contribution in [0.25, 0.3) is 16.7 Å². The molecule has 0 fully saturated rings. The van der Waals surface area contributed by atoms with E-state index in [0.29, 0.717) is 11.4 Å². The average molecular weight is 346 g/mol. The molecule has 0 aliphatic carbocycles. The zero-order valence-electron chi connectivity index (χ0n) is 13.8. The maximum absolute atomic E-state index is 10.4. The molecule has 0 aliphatic rings. The fraction of sp³-hybridized carbons (Fsp3) is 0.111. The Morgan fingerprint density at radius 3 is 2.88 bits per heavy atom. The molecule has 3 heterocycles. The van der Waals surface area contributed by atoms with E-state index in [9.17, 15) is 5.11 Å². The fourth-order valence-corrected chi connectivity index (χ4v) is 2.47. The molecule has 1 atom stereocenters. The molecular formula is C18H14N6O2. The van der Waals surface area contributed by atoms with Crippen LogP contribution in [-0.2, 0) is 5.60 Å². The summed E-state index contributed by atoms with van der Waals surface area (Å²) in [5, 5.41) is 15.7. The summed E-state index contributed by atoms with van der Waals surface area (Å²) >= 11 is 0. The van der Waals surface area contributed by atoms with Crippen LogP contribution < -0.4 is 5.73 Å². The zero-order chi connectivity index (χ0) is 18.1. The van der Waals surface area contributed by atoms with Gasteiger partial charge in [-0.15, -0.1) is 0 Å². The number of aromatic nitrogens is 5. The number of hydrogen-bond donors (Lipinski definition) is 2. The molecule has 4 aromatic rings. The Bertz CT molecular complexity index is 1140. The highest BCUT2D eigenvalue weighted by Gasteiger charge is 2.25. The molecule has 0 amide bonds. The molecule has 0 saturated carbocycles. The van der Waals surface area contributed by atoms with E-state index in [0.717, 1.165) is 10.9 Å². The van der Waals surface area contributed by atoms with Gasteiger partial charge < -0.3 is 15.3 Å². The Labute approximate surface area is 148 Å². The molecule has 128 valence electrons. The van der Waals surface area contributed by atoms with E-state index < -0.39 is 5.60 Å². The number of benzene rings is 1.